The smallest absolute Gasteiger partial charge is 0.258 e. The maximum atomic E-state index is 13.0. The number of nitro groups is 1. The molecule has 0 amide bonds. The molecule has 0 heterocycles. The summed E-state index contributed by atoms with van der Waals surface area (Å²) in [6, 6.07) is 1.35. The average Bonchev–Trinajstić information content (AvgIpc) is 2.06. The summed E-state index contributed by atoms with van der Waals surface area (Å²) in [6.07, 6.45) is 0. The highest BCUT2D eigenvalue weighted by Gasteiger charge is 2.25. The van der Waals surface area contributed by atoms with E-state index in [2.05, 4.69) is 0 Å². The maximum Gasteiger partial charge on any atom is 0.290 e. The Kier molecular flexibility index (Phi) is 3.25. The minimum Gasteiger partial charge on any atom is -0.258 e. The van der Waals surface area contributed by atoms with E-state index in [4.69, 9.17) is 5.14 Å². The van der Waals surface area contributed by atoms with Crippen LogP contribution in [0.2, 0.25) is 0 Å². The van der Waals surface area contributed by atoms with Crippen molar-refractivity contribution in [2.45, 2.75) is 4.90 Å². The average molecular weight is 346 g/mol. The molecule has 0 spiro atoms. The molecule has 6 nitrogen and oxygen atoms in total. The third-order valence-corrected chi connectivity index (χ3v) is 3.27. The van der Waals surface area contributed by atoms with E-state index in [1.165, 1.54) is 22.6 Å². The molecule has 0 bridgehead atoms. The van der Waals surface area contributed by atoms with Crippen molar-refractivity contribution in [2.75, 3.05) is 0 Å². The molecule has 1 aromatic carbocycles. The van der Waals surface area contributed by atoms with E-state index >= 15 is 0 Å². The summed E-state index contributed by atoms with van der Waals surface area (Å²) in [4.78, 5) is 8.73. The number of halogens is 2. The molecule has 0 aliphatic carbocycles. The molecule has 15 heavy (non-hydrogen) atoms. The number of benzene rings is 1. The number of nitrogens with two attached hydrogens (primary N) is 1. The maximum absolute atomic E-state index is 13.0. The minimum atomic E-state index is -4.30. The number of rotatable bonds is 2. The van der Waals surface area contributed by atoms with Gasteiger partial charge in [-0.1, -0.05) is 0 Å². The van der Waals surface area contributed by atoms with Crippen LogP contribution >= 0.6 is 22.6 Å². The van der Waals surface area contributed by atoms with E-state index in [1.807, 2.05) is 0 Å². The van der Waals surface area contributed by atoms with Gasteiger partial charge in [0.05, 0.1) is 8.49 Å². The quantitative estimate of drug-likeness (QED) is 0.490. The highest BCUT2D eigenvalue weighted by Crippen LogP contribution is 2.26. The molecule has 0 radical (unpaired) electrons. The molecule has 9 heteroatoms. The van der Waals surface area contributed by atoms with Gasteiger partial charge in [-0.3, -0.25) is 10.1 Å². The molecule has 0 aliphatic heterocycles. The lowest BCUT2D eigenvalue weighted by Crippen LogP contribution is -2.15. The summed E-state index contributed by atoms with van der Waals surface area (Å²) in [5.74, 6) is -0.870. The third-order valence-electron chi connectivity index (χ3n) is 1.51. The summed E-state index contributed by atoms with van der Waals surface area (Å²) in [5.41, 5.74) is -0.733. The lowest BCUT2D eigenvalue weighted by atomic mass is 10.3. The van der Waals surface area contributed by atoms with Gasteiger partial charge in [0.1, 0.15) is 5.82 Å². The third kappa shape index (κ3) is 2.60. The van der Waals surface area contributed by atoms with Crippen LogP contribution in [0.15, 0.2) is 17.0 Å². The van der Waals surface area contributed by atoms with Crippen molar-refractivity contribution in [1.82, 2.24) is 0 Å². The molecule has 0 fully saturated rings. The van der Waals surface area contributed by atoms with Crippen LogP contribution in [0.5, 0.6) is 0 Å². The van der Waals surface area contributed by atoms with Crippen LogP contribution in [-0.4, -0.2) is 13.3 Å². The SMILES string of the molecule is NS(=O)(=O)c1cc(F)c(I)cc1[N+](=O)[O-]. The van der Waals surface area contributed by atoms with Crippen LogP contribution in [0.25, 0.3) is 0 Å². The topological polar surface area (TPSA) is 103 Å². The van der Waals surface area contributed by atoms with Crippen LogP contribution in [0.3, 0.4) is 0 Å². The van der Waals surface area contributed by atoms with Crippen LogP contribution < -0.4 is 5.14 Å². The van der Waals surface area contributed by atoms with E-state index in [1.54, 1.807) is 0 Å². The number of nitrogens with zero attached hydrogens (tertiary/aromatic N) is 1. The molecule has 0 saturated heterocycles. The molecule has 0 aliphatic rings. The first-order valence-corrected chi connectivity index (χ1v) is 6.02. The standard InChI is InChI=1S/C6H4FIN2O4S/c7-3-1-6(15(9,13)14)5(10(11)12)2-4(3)8/h1-2H,(H2,9,13,14). The first-order chi connectivity index (χ1) is 6.73. The van der Waals surface area contributed by atoms with Gasteiger partial charge in [-0.05, 0) is 22.6 Å². The van der Waals surface area contributed by atoms with Gasteiger partial charge in [0, 0.05) is 12.1 Å². The van der Waals surface area contributed by atoms with Gasteiger partial charge in [0.25, 0.3) is 5.69 Å². The monoisotopic (exact) mass is 346 g/mol. The zero-order chi connectivity index (χ0) is 11.8. The van der Waals surface area contributed by atoms with E-state index in [-0.39, 0.29) is 3.57 Å². The van der Waals surface area contributed by atoms with Crippen molar-refractivity contribution in [3.8, 4) is 0 Å². The van der Waals surface area contributed by atoms with Crippen LogP contribution in [0, 0.1) is 19.5 Å². The highest BCUT2D eigenvalue weighted by molar-refractivity contribution is 14.1. The Morgan fingerprint density at radius 3 is 2.40 bits per heavy atom. The zero-order valence-electron chi connectivity index (χ0n) is 6.98. The fourth-order valence-electron chi connectivity index (χ4n) is 0.889. The molecule has 82 valence electrons. The van der Waals surface area contributed by atoms with Crippen LogP contribution in [0.4, 0.5) is 10.1 Å². The molecule has 0 saturated carbocycles. The number of nitro benzene ring substituents is 1. The summed E-state index contributed by atoms with van der Waals surface area (Å²) < 4.78 is 34.8. The fourth-order valence-corrected chi connectivity index (χ4v) is 2.03. The Morgan fingerprint density at radius 2 is 2.00 bits per heavy atom. The molecule has 0 atom stereocenters. The van der Waals surface area contributed by atoms with Crippen LogP contribution in [-0.2, 0) is 10.0 Å². The summed E-state index contributed by atoms with van der Waals surface area (Å²) in [6.45, 7) is 0. The van der Waals surface area contributed by atoms with Gasteiger partial charge < -0.3 is 0 Å². The zero-order valence-corrected chi connectivity index (χ0v) is 9.95. The van der Waals surface area contributed by atoms with Gasteiger partial charge in [0.2, 0.25) is 10.0 Å². The number of hydrogen-bond donors (Lipinski definition) is 1. The van der Waals surface area contributed by atoms with E-state index in [0.29, 0.717) is 6.07 Å². The molecule has 0 unspecified atom stereocenters. The Balaban J connectivity index is 3.64. The summed E-state index contributed by atoms with van der Waals surface area (Å²) >= 11 is 1.51. The second-order valence-corrected chi connectivity index (χ2v) is 5.23. The second kappa shape index (κ2) is 3.98. The predicted molar refractivity (Wildman–Crippen MR) is 57.1 cm³/mol. The molecular formula is C6H4FIN2O4S. The molecule has 1 rings (SSSR count). The minimum absolute atomic E-state index is 0.0494. The van der Waals surface area contributed by atoms with E-state index in [0.717, 1.165) is 6.07 Å². The van der Waals surface area contributed by atoms with E-state index < -0.39 is 31.3 Å². The van der Waals surface area contributed by atoms with Gasteiger partial charge in [-0.25, -0.2) is 17.9 Å². The molecule has 2 N–H and O–H groups in total. The Labute approximate surface area is 97.6 Å². The first-order valence-electron chi connectivity index (χ1n) is 3.39. The van der Waals surface area contributed by atoms with Gasteiger partial charge in [-0.15, -0.1) is 0 Å². The van der Waals surface area contributed by atoms with Crippen molar-refractivity contribution in [3.63, 3.8) is 0 Å². The first kappa shape index (κ1) is 12.3. The Hall–Kier alpha value is -0.810. The largest absolute Gasteiger partial charge is 0.290 e. The van der Waals surface area contributed by atoms with Crippen molar-refractivity contribution in [1.29, 1.82) is 0 Å². The van der Waals surface area contributed by atoms with Crippen LogP contribution in [0.1, 0.15) is 0 Å². The summed E-state index contributed by atoms with van der Waals surface area (Å²) in [7, 11) is -4.30. The Bertz CT molecular complexity index is 530. The molecular weight excluding hydrogens is 342 g/mol. The molecule has 0 aromatic heterocycles. The Morgan fingerprint density at radius 1 is 1.47 bits per heavy atom. The van der Waals surface area contributed by atoms with E-state index in [9.17, 15) is 22.9 Å². The predicted octanol–water partition coefficient (Wildman–Crippen LogP) is 0.986. The van der Waals surface area contributed by atoms with Crippen molar-refractivity contribution < 1.29 is 17.7 Å². The van der Waals surface area contributed by atoms with Gasteiger partial charge in [-0.2, -0.15) is 0 Å². The lowest BCUT2D eigenvalue weighted by molar-refractivity contribution is -0.388. The number of hydrogen-bond acceptors (Lipinski definition) is 4. The van der Waals surface area contributed by atoms with Gasteiger partial charge in [0.15, 0.2) is 4.90 Å². The lowest BCUT2D eigenvalue weighted by Gasteiger charge is -2.01. The summed E-state index contributed by atoms with van der Waals surface area (Å²) in [5, 5.41) is 15.2. The second-order valence-electron chi connectivity index (χ2n) is 2.54. The molecule has 1 aromatic rings. The van der Waals surface area contributed by atoms with Gasteiger partial charge >= 0.3 is 0 Å². The fraction of sp³-hybridized carbons (Fsp3) is 0. The highest BCUT2D eigenvalue weighted by atomic mass is 127. The van der Waals surface area contributed by atoms with Crippen molar-refractivity contribution >= 4 is 38.3 Å². The van der Waals surface area contributed by atoms with Crippen molar-refractivity contribution in [2.24, 2.45) is 5.14 Å². The normalized spacial score (nSPS) is 11.4. The number of sulfonamides is 1. The number of primary sulfonamides is 1. The van der Waals surface area contributed by atoms with Crippen molar-refractivity contribution in [3.05, 3.63) is 31.6 Å².